The van der Waals surface area contributed by atoms with Crippen molar-refractivity contribution < 1.29 is 5.11 Å². The Labute approximate surface area is 97.9 Å². The number of aryl methyl sites for hydroxylation is 1. The average molecular weight is 219 g/mol. The third kappa shape index (κ3) is 3.62. The summed E-state index contributed by atoms with van der Waals surface area (Å²) in [5, 5.41) is 9.06. The summed E-state index contributed by atoms with van der Waals surface area (Å²) in [7, 11) is 0. The third-order valence-corrected chi connectivity index (χ3v) is 3.12. The van der Waals surface area contributed by atoms with Crippen molar-refractivity contribution in [2.75, 3.05) is 19.7 Å². The Kier molecular flexibility index (Phi) is 3.97. The monoisotopic (exact) mass is 219 g/mol. The number of hydrogen-bond acceptors (Lipinski definition) is 2. The van der Waals surface area contributed by atoms with Gasteiger partial charge in [0, 0.05) is 19.6 Å². The maximum atomic E-state index is 9.06. The van der Waals surface area contributed by atoms with Crippen molar-refractivity contribution >= 4 is 0 Å². The van der Waals surface area contributed by atoms with Gasteiger partial charge in [-0.2, -0.15) is 0 Å². The zero-order chi connectivity index (χ0) is 11.4. The number of aliphatic hydroxyl groups excluding tert-OH is 1. The van der Waals surface area contributed by atoms with Gasteiger partial charge >= 0.3 is 0 Å². The first kappa shape index (κ1) is 11.6. The van der Waals surface area contributed by atoms with Crippen LogP contribution in [0.5, 0.6) is 0 Å². The molecule has 0 aromatic heterocycles. The first-order valence-corrected chi connectivity index (χ1v) is 6.16. The SMILES string of the molecule is Cc1cccc(CN(CCO)CC2CC2)c1. The van der Waals surface area contributed by atoms with E-state index in [1.54, 1.807) is 0 Å². The van der Waals surface area contributed by atoms with Crippen molar-refractivity contribution in [3.8, 4) is 0 Å². The lowest BCUT2D eigenvalue weighted by Crippen LogP contribution is -2.28. The second-order valence-corrected chi connectivity index (χ2v) is 4.89. The van der Waals surface area contributed by atoms with E-state index in [2.05, 4.69) is 36.1 Å². The second-order valence-electron chi connectivity index (χ2n) is 4.89. The minimum Gasteiger partial charge on any atom is -0.395 e. The van der Waals surface area contributed by atoms with Crippen molar-refractivity contribution in [2.24, 2.45) is 5.92 Å². The Bertz CT molecular complexity index is 333. The molecule has 1 aromatic carbocycles. The maximum Gasteiger partial charge on any atom is 0.0558 e. The van der Waals surface area contributed by atoms with E-state index < -0.39 is 0 Å². The first-order chi connectivity index (χ1) is 7.78. The van der Waals surface area contributed by atoms with Gasteiger partial charge in [0.25, 0.3) is 0 Å². The molecule has 0 atom stereocenters. The number of rotatable bonds is 6. The minimum atomic E-state index is 0.262. The van der Waals surface area contributed by atoms with Crippen molar-refractivity contribution in [3.63, 3.8) is 0 Å². The van der Waals surface area contributed by atoms with Crippen LogP contribution in [-0.4, -0.2) is 29.7 Å². The normalized spacial score (nSPS) is 15.7. The standard InChI is InChI=1S/C14H21NO/c1-12-3-2-4-14(9-12)11-15(7-8-16)10-13-5-6-13/h2-4,9,13,16H,5-8,10-11H2,1H3. The molecule has 2 rings (SSSR count). The van der Waals surface area contributed by atoms with Gasteiger partial charge in [-0.25, -0.2) is 0 Å². The zero-order valence-corrected chi connectivity index (χ0v) is 10.0. The molecule has 0 saturated heterocycles. The lowest BCUT2D eigenvalue weighted by atomic mass is 10.1. The van der Waals surface area contributed by atoms with E-state index in [9.17, 15) is 0 Å². The molecule has 1 aliphatic rings. The molecule has 0 heterocycles. The van der Waals surface area contributed by atoms with Gasteiger partial charge in [-0.1, -0.05) is 29.8 Å². The average Bonchev–Trinajstić information content (AvgIpc) is 3.02. The molecule has 0 aliphatic heterocycles. The molecule has 88 valence electrons. The van der Waals surface area contributed by atoms with Crippen LogP contribution in [-0.2, 0) is 6.54 Å². The van der Waals surface area contributed by atoms with Crippen molar-refractivity contribution in [2.45, 2.75) is 26.3 Å². The van der Waals surface area contributed by atoms with Crippen molar-refractivity contribution in [3.05, 3.63) is 35.4 Å². The third-order valence-electron chi connectivity index (χ3n) is 3.12. The molecule has 1 aromatic rings. The van der Waals surface area contributed by atoms with Crippen LogP contribution in [0.2, 0.25) is 0 Å². The second kappa shape index (κ2) is 5.46. The number of nitrogens with zero attached hydrogens (tertiary/aromatic N) is 1. The summed E-state index contributed by atoms with van der Waals surface area (Å²) in [5.41, 5.74) is 2.67. The van der Waals surface area contributed by atoms with E-state index in [0.717, 1.165) is 25.6 Å². The lowest BCUT2D eigenvalue weighted by molar-refractivity contribution is 0.185. The van der Waals surface area contributed by atoms with Crippen LogP contribution in [0.15, 0.2) is 24.3 Å². The summed E-state index contributed by atoms with van der Waals surface area (Å²) in [6.07, 6.45) is 2.74. The maximum absolute atomic E-state index is 9.06. The van der Waals surface area contributed by atoms with Gasteiger partial charge in [0.2, 0.25) is 0 Å². The molecule has 0 unspecified atom stereocenters. The molecule has 16 heavy (non-hydrogen) atoms. The summed E-state index contributed by atoms with van der Waals surface area (Å²) in [5.74, 6) is 0.886. The predicted octanol–water partition coefficient (Wildman–Crippen LogP) is 2.20. The molecule has 2 heteroatoms. The van der Waals surface area contributed by atoms with Crippen LogP contribution in [0.25, 0.3) is 0 Å². The summed E-state index contributed by atoms with van der Waals surface area (Å²) in [4.78, 5) is 2.37. The van der Waals surface area contributed by atoms with E-state index in [-0.39, 0.29) is 6.61 Å². The zero-order valence-electron chi connectivity index (χ0n) is 10.0. The summed E-state index contributed by atoms with van der Waals surface area (Å²) in [6, 6.07) is 8.64. The minimum absolute atomic E-state index is 0.262. The van der Waals surface area contributed by atoms with Crippen LogP contribution >= 0.6 is 0 Å². The summed E-state index contributed by atoms with van der Waals surface area (Å²) < 4.78 is 0. The molecule has 1 fully saturated rings. The highest BCUT2D eigenvalue weighted by Crippen LogP contribution is 2.30. The number of hydrogen-bond donors (Lipinski definition) is 1. The van der Waals surface area contributed by atoms with E-state index >= 15 is 0 Å². The van der Waals surface area contributed by atoms with Crippen molar-refractivity contribution in [1.29, 1.82) is 0 Å². The fraction of sp³-hybridized carbons (Fsp3) is 0.571. The molecule has 1 aliphatic carbocycles. The van der Waals surface area contributed by atoms with Crippen LogP contribution in [0.4, 0.5) is 0 Å². The van der Waals surface area contributed by atoms with Crippen molar-refractivity contribution in [1.82, 2.24) is 4.90 Å². The molecule has 2 nitrogen and oxygen atoms in total. The summed E-state index contributed by atoms with van der Waals surface area (Å²) in [6.45, 7) is 5.30. The molecule has 0 radical (unpaired) electrons. The van der Waals surface area contributed by atoms with Gasteiger partial charge in [0.15, 0.2) is 0 Å². The topological polar surface area (TPSA) is 23.5 Å². The Hall–Kier alpha value is -0.860. The van der Waals surface area contributed by atoms with E-state index in [1.807, 2.05) is 0 Å². The quantitative estimate of drug-likeness (QED) is 0.793. The first-order valence-electron chi connectivity index (χ1n) is 6.16. The Morgan fingerprint density at radius 2 is 2.19 bits per heavy atom. The van der Waals surface area contributed by atoms with Crippen LogP contribution < -0.4 is 0 Å². The van der Waals surface area contributed by atoms with E-state index in [4.69, 9.17) is 5.11 Å². The van der Waals surface area contributed by atoms with Gasteiger partial charge in [0.1, 0.15) is 0 Å². The molecule has 0 spiro atoms. The molecule has 0 amide bonds. The van der Waals surface area contributed by atoms with Gasteiger partial charge < -0.3 is 5.11 Å². The Morgan fingerprint density at radius 1 is 1.38 bits per heavy atom. The van der Waals surface area contributed by atoms with E-state index in [1.165, 1.54) is 24.0 Å². The molecule has 1 N–H and O–H groups in total. The summed E-state index contributed by atoms with van der Waals surface area (Å²) >= 11 is 0. The molecular formula is C14H21NO. The van der Waals surface area contributed by atoms with Gasteiger partial charge in [-0.05, 0) is 31.2 Å². The largest absolute Gasteiger partial charge is 0.395 e. The highest BCUT2D eigenvalue weighted by Gasteiger charge is 2.23. The Balaban J connectivity index is 1.92. The molecule has 1 saturated carbocycles. The Morgan fingerprint density at radius 3 is 2.81 bits per heavy atom. The number of aliphatic hydroxyl groups is 1. The number of benzene rings is 1. The van der Waals surface area contributed by atoms with Crippen LogP contribution in [0.1, 0.15) is 24.0 Å². The molecular weight excluding hydrogens is 198 g/mol. The van der Waals surface area contributed by atoms with E-state index in [0.29, 0.717) is 0 Å². The highest BCUT2D eigenvalue weighted by molar-refractivity contribution is 5.22. The predicted molar refractivity (Wildman–Crippen MR) is 66.3 cm³/mol. The van der Waals surface area contributed by atoms with Crippen LogP contribution in [0, 0.1) is 12.8 Å². The van der Waals surface area contributed by atoms with Gasteiger partial charge in [-0.3, -0.25) is 4.90 Å². The van der Waals surface area contributed by atoms with Crippen LogP contribution in [0.3, 0.4) is 0 Å². The van der Waals surface area contributed by atoms with Gasteiger partial charge in [0.05, 0.1) is 6.61 Å². The lowest BCUT2D eigenvalue weighted by Gasteiger charge is -2.21. The fourth-order valence-electron chi connectivity index (χ4n) is 2.11. The smallest absolute Gasteiger partial charge is 0.0558 e. The fourth-order valence-corrected chi connectivity index (χ4v) is 2.11. The van der Waals surface area contributed by atoms with Gasteiger partial charge in [-0.15, -0.1) is 0 Å². The highest BCUT2D eigenvalue weighted by atomic mass is 16.3. The molecule has 0 bridgehead atoms.